The molecule has 2 rings (SSSR count). The second-order valence-corrected chi connectivity index (χ2v) is 5.02. The average Bonchev–Trinajstić information content (AvgIpc) is 2.47. The van der Waals surface area contributed by atoms with Crippen LogP contribution in [0.3, 0.4) is 0 Å². The molecule has 1 N–H and O–H groups in total. The molecule has 1 fully saturated rings. The summed E-state index contributed by atoms with van der Waals surface area (Å²) < 4.78 is 0. The van der Waals surface area contributed by atoms with Crippen LogP contribution in [0.1, 0.15) is 30.3 Å². The number of likely N-dealkylation sites (tertiary alicyclic amines) is 1. The predicted octanol–water partition coefficient (Wildman–Crippen LogP) is 0.465. The number of rotatable bonds is 2. The molecule has 0 aromatic carbocycles. The summed E-state index contributed by atoms with van der Waals surface area (Å²) in [6, 6.07) is 0. The molecule has 0 bridgehead atoms. The Hall–Kier alpha value is -1.98. The van der Waals surface area contributed by atoms with Crippen molar-refractivity contribution in [2.75, 3.05) is 20.1 Å². The molecule has 1 aromatic rings. The van der Waals surface area contributed by atoms with Crippen LogP contribution >= 0.6 is 0 Å². The molecule has 0 atom stereocenters. The van der Waals surface area contributed by atoms with Crippen molar-refractivity contribution in [2.24, 2.45) is 5.41 Å². The van der Waals surface area contributed by atoms with E-state index in [-0.39, 0.29) is 17.2 Å². The van der Waals surface area contributed by atoms with Crippen molar-refractivity contribution < 1.29 is 9.59 Å². The molecule has 6 heteroatoms. The van der Waals surface area contributed by atoms with E-state index in [0.717, 1.165) is 0 Å². The van der Waals surface area contributed by atoms with Crippen LogP contribution < -0.4 is 5.32 Å². The SMILES string of the molecule is CNC(=O)C1(C)CCN(C(=O)c2cnccn2)CC1. The monoisotopic (exact) mass is 262 g/mol. The van der Waals surface area contributed by atoms with Crippen LogP contribution in [0, 0.1) is 5.41 Å². The zero-order valence-corrected chi connectivity index (χ0v) is 11.2. The third kappa shape index (κ3) is 2.72. The first-order chi connectivity index (χ1) is 9.07. The van der Waals surface area contributed by atoms with Gasteiger partial charge in [-0.2, -0.15) is 0 Å². The van der Waals surface area contributed by atoms with Crippen molar-refractivity contribution in [1.82, 2.24) is 20.2 Å². The van der Waals surface area contributed by atoms with E-state index >= 15 is 0 Å². The van der Waals surface area contributed by atoms with E-state index in [0.29, 0.717) is 31.6 Å². The second kappa shape index (κ2) is 5.34. The van der Waals surface area contributed by atoms with Crippen LogP contribution in [-0.4, -0.2) is 46.8 Å². The van der Waals surface area contributed by atoms with Crippen molar-refractivity contribution in [3.63, 3.8) is 0 Å². The number of aromatic nitrogens is 2. The van der Waals surface area contributed by atoms with Gasteiger partial charge in [0.2, 0.25) is 5.91 Å². The molecule has 6 nitrogen and oxygen atoms in total. The molecule has 0 unspecified atom stereocenters. The van der Waals surface area contributed by atoms with Gasteiger partial charge in [-0.3, -0.25) is 14.6 Å². The van der Waals surface area contributed by atoms with Crippen molar-refractivity contribution in [2.45, 2.75) is 19.8 Å². The molecular weight excluding hydrogens is 244 g/mol. The molecule has 2 heterocycles. The van der Waals surface area contributed by atoms with Crippen molar-refractivity contribution in [3.05, 3.63) is 24.3 Å². The van der Waals surface area contributed by atoms with E-state index < -0.39 is 0 Å². The number of nitrogens with one attached hydrogen (secondary N) is 1. The van der Waals surface area contributed by atoms with Gasteiger partial charge in [0.1, 0.15) is 5.69 Å². The lowest BCUT2D eigenvalue weighted by Gasteiger charge is -2.37. The van der Waals surface area contributed by atoms with Crippen molar-refractivity contribution >= 4 is 11.8 Å². The summed E-state index contributed by atoms with van der Waals surface area (Å²) in [7, 11) is 1.64. The number of amides is 2. The van der Waals surface area contributed by atoms with Gasteiger partial charge in [-0.25, -0.2) is 4.98 Å². The fourth-order valence-corrected chi connectivity index (χ4v) is 2.30. The fraction of sp³-hybridized carbons (Fsp3) is 0.538. The summed E-state index contributed by atoms with van der Waals surface area (Å²) in [5.74, 6) is -0.0776. The average molecular weight is 262 g/mol. The van der Waals surface area contributed by atoms with E-state index in [1.807, 2.05) is 6.92 Å². The number of hydrogen-bond donors (Lipinski definition) is 1. The number of hydrogen-bond acceptors (Lipinski definition) is 4. The van der Waals surface area contributed by atoms with Gasteiger partial charge in [0, 0.05) is 37.9 Å². The number of carbonyl (C=O) groups is 2. The highest BCUT2D eigenvalue weighted by Gasteiger charge is 2.37. The van der Waals surface area contributed by atoms with Gasteiger partial charge < -0.3 is 10.2 Å². The fourth-order valence-electron chi connectivity index (χ4n) is 2.30. The molecule has 0 aliphatic carbocycles. The first-order valence-electron chi connectivity index (χ1n) is 6.34. The zero-order chi connectivity index (χ0) is 13.9. The van der Waals surface area contributed by atoms with Gasteiger partial charge >= 0.3 is 0 Å². The summed E-state index contributed by atoms with van der Waals surface area (Å²) in [6.07, 6.45) is 5.84. The molecular formula is C13H18N4O2. The summed E-state index contributed by atoms with van der Waals surface area (Å²) in [4.78, 5) is 33.6. The highest BCUT2D eigenvalue weighted by molar-refractivity contribution is 5.92. The van der Waals surface area contributed by atoms with Crippen LogP contribution in [0.15, 0.2) is 18.6 Å². The van der Waals surface area contributed by atoms with Crippen molar-refractivity contribution in [3.8, 4) is 0 Å². The van der Waals surface area contributed by atoms with Crippen LogP contribution in [0.25, 0.3) is 0 Å². The molecule has 1 aliphatic heterocycles. The Morgan fingerprint density at radius 1 is 1.32 bits per heavy atom. The van der Waals surface area contributed by atoms with Gasteiger partial charge in [-0.1, -0.05) is 6.92 Å². The van der Waals surface area contributed by atoms with Gasteiger partial charge in [0.15, 0.2) is 0 Å². The van der Waals surface area contributed by atoms with Crippen LogP contribution in [0.4, 0.5) is 0 Å². The Balaban J connectivity index is 2.01. The third-order valence-electron chi connectivity index (χ3n) is 3.71. The minimum atomic E-state index is -0.381. The first kappa shape index (κ1) is 13.5. The second-order valence-electron chi connectivity index (χ2n) is 5.02. The van der Waals surface area contributed by atoms with Gasteiger partial charge in [0.25, 0.3) is 5.91 Å². The molecule has 2 amide bonds. The molecule has 1 aliphatic rings. The summed E-state index contributed by atoms with van der Waals surface area (Å²) in [5.41, 5.74) is -0.0282. The summed E-state index contributed by atoms with van der Waals surface area (Å²) >= 11 is 0. The Labute approximate surface area is 112 Å². The van der Waals surface area contributed by atoms with Gasteiger partial charge in [-0.15, -0.1) is 0 Å². The standard InChI is InChI=1S/C13H18N4O2/c1-13(12(19)14-2)3-7-17(8-4-13)11(18)10-9-15-5-6-16-10/h5-6,9H,3-4,7-8H2,1-2H3,(H,14,19). The molecule has 0 radical (unpaired) electrons. The summed E-state index contributed by atoms with van der Waals surface area (Å²) in [5, 5.41) is 2.69. The van der Waals surface area contributed by atoms with Gasteiger partial charge in [0.05, 0.1) is 6.20 Å². The highest BCUT2D eigenvalue weighted by atomic mass is 16.2. The molecule has 102 valence electrons. The molecule has 1 aromatic heterocycles. The van der Waals surface area contributed by atoms with Gasteiger partial charge in [-0.05, 0) is 12.8 Å². The normalized spacial score (nSPS) is 17.9. The van der Waals surface area contributed by atoms with E-state index in [1.165, 1.54) is 18.6 Å². The minimum Gasteiger partial charge on any atom is -0.359 e. The maximum Gasteiger partial charge on any atom is 0.274 e. The van der Waals surface area contributed by atoms with Crippen LogP contribution in [-0.2, 0) is 4.79 Å². The predicted molar refractivity (Wildman–Crippen MR) is 69.3 cm³/mol. The van der Waals surface area contributed by atoms with Crippen molar-refractivity contribution in [1.29, 1.82) is 0 Å². The smallest absolute Gasteiger partial charge is 0.274 e. The minimum absolute atomic E-state index is 0.0408. The van der Waals surface area contributed by atoms with E-state index in [2.05, 4.69) is 15.3 Å². The number of carbonyl (C=O) groups excluding carboxylic acids is 2. The first-order valence-corrected chi connectivity index (χ1v) is 6.34. The lowest BCUT2D eigenvalue weighted by molar-refractivity contribution is -0.131. The Kier molecular flexibility index (Phi) is 3.78. The number of piperidine rings is 1. The molecule has 19 heavy (non-hydrogen) atoms. The molecule has 1 saturated heterocycles. The maximum absolute atomic E-state index is 12.2. The lowest BCUT2D eigenvalue weighted by atomic mass is 9.79. The largest absolute Gasteiger partial charge is 0.359 e. The summed E-state index contributed by atoms with van der Waals surface area (Å²) in [6.45, 7) is 3.08. The zero-order valence-electron chi connectivity index (χ0n) is 11.2. The highest BCUT2D eigenvalue weighted by Crippen LogP contribution is 2.31. The maximum atomic E-state index is 12.2. The van der Waals surface area contributed by atoms with E-state index in [9.17, 15) is 9.59 Å². The van der Waals surface area contributed by atoms with E-state index in [1.54, 1.807) is 11.9 Å². The lowest BCUT2D eigenvalue weighted by Crippen LogP contribution is -2.48. The quantitative estimate of drug-likeness (QED) is 0.840. The Bertz CT molecular complexity index is 467. The molecule has 0 spiro atoms. The van der Waals surface area contributed by atoms with Crippen LogP contribution in [0.5, 0.6) is 0 Å². The van der Waals surface area contributed by atoms with E-state index in [4.69, 9.17) is 0 Å². The third-order valence-corrected chi connectivity index (χ3v) is 3.71. The van der Waals surface area contributed by atoms with Crippen LogP contribution in [0.2, 0.25) is 0 Å². The number of nitrogens with zero attached hydrogens (tertiary/aromatic N) is 3. The Morgan fingerprint density at radius 3 is 2.53 bits per heavy atom. The topological polar surface area (TPSA) is 75.2 Å². The Morgan fingerprint density at radius 2 is 2.00 bits per heavy atom. The molecule has 0 saturated carbocycles.